The predicted molar refractivity (Wildman–Crippen MR) is 112 cm³/mol. The number of carbonyl (C=O) groups excluding carboxylic acids is 1. The first-order valence-electron chi connectivity index (χ1n) is 11.0. The first kappa shape index (κ1) is 19.9. The van der Waals surface area contributed by atoms with E-state index < -0.39 is 0 Å². The van der Waals surface area contributed by atoms with Gasteiger partial charge in [0.15, 0.2) is 5.82 Å². The maximum atomic E-state index is 13.3. The van der Waals surface area contributed by atoms with E-state index in [1.807, 2.05) is 18.0 Å². The van der Waals surface area contributed by atoms with Gasteiger partial charge in [0.25, 0.3) is 11.8 Å². The van der Waals surface area contributed by atoms with Crippen molar-refractivity contribution < 1.29 is 13.7 Å². The molecular weight excluding hydrogens is 397 g/mol. The molecule has 0 N–H and O–H groups in total. The molecule has 1 aromatic carbocycles. The highest BCUT2D eigenvalue weighted by molar-refractivity contribution is 5.93. The fraction of sp³-hybridized carbons (Fsp3) is 0.478. The number of aromatic nitrogens is 4. The summed E-state index contributed by atoms with van der Waals surface area (Å²) in [6.07, 6.45) is 8.56. The summed E-state index contributed by atoms with van der Waals surface area (Å²) in [7, 11) is 0. The van der Waals surface area contributed by atoms with Crippen LogP contribution in [0.15, 0.2) is 41.2 Å². The van der Waals surface area contributed by atoms with Gasteiger partial charge in [0.05, 0.1) is 11.8 Å². The maximum Gasteiger partial charge on any atom is 0.257 e. The first-order valence-corrected chi connectivity index (χ1v) is 11.0. The van der Waals surface area contributed by atoms with Crippen molar-refractivity contribution >= 4 is 5.91 Å². The molecule has 0 atom stereocenters. The van der Waals surface area contributed by atoms with E-state index in [-0.39, 0.29) is 17.1 Å². The van der Waals surface area contributed by atoms with E-state index in [4.69, 9.17) is 9.51 Å². The van der Waals surface area contributed by atoms with Gasteiger partial charge >= 0.3 is 0 Å². The van der Waals surface area contributed by atoms with Crippen molar-refractivity contribution in [3.63, 3.8) is 0 Å². The molecule has 0 unspecified atom stereocenters. The average molecular weight is 423 g/mol. The molecule has 31 heavy (non-hydrogen) atoms. The number of hydrogen-bond acceptors (Lipinski definition) is 5. The first-order chi connectivity index (χ1) is 15.1. The second kappa shape index (κ2) is 7.90. The molecule has 1 amide bonds. The molecule has 2 fully saturated rings. The van der Waals surface area contributed by atoms with E-state index in [1.165, 1.54) is 25.0 Å². The second-order valence-electron chi connectivity index (χ2n) is 8.73. The Labute approximate surface area is 180 Å². The van der Waals surface area contributed by atoms with Gasteiger partial charge in [-0.05, 0) is 56.4 Å². The van der Waals surface area contributed by atoms with Crippen LogP contribution in [0.2, 0.25) is 0 Å². The molecule has 0 radical (unpaired) electrons. The van der Waals surface area contributed by atoms with Crippen molar-refractivity contribution in [1.29, 1.82) is 0 Å². The summed E-state index contributed by atoms with van der Waals surface area (Å²) in [5.74, 6) is 1.55. The highest BCUT2D eigenvalue weighted by atomic mass is 19.1. The molecule has 1 saturated heterocycles. The topological polar surface area (TPSA) is 77.0 Å². The number of halogens is 1. The van der Waals surface area contributed by atoms with Gasteiger partial charge in [-0.2, -0.15) is 10.1 Å². The molecule has 8 heteroatoms. The Balaban J connectivity index is 1.34. The van der Waals surface area contributed by atoms with Gasteiger partial charge in [0.1, 0.15) is 5.82 Å². The predicted octanol–water partition coefficient (Wildman–Crippen LogP) is 4.07. The largest absolute Gasteiger partial charge is 0.338 e. The zero-order chi connectivity index (χ0) is 21.4. The van der Waals surface area contributed by atoms with Gasteiger partial charge in [-0.1, -0.05) is 18.0 Å². The molecule has 2 aliphatic rings. The SMILES string of the molecule is CCn1cc(C(=O)N2CCC(CC3CC3)(c3noc(-c4ccc(F)cc4)n3)CC2)cn1. The van der Waals surface area contributed by atoms with Crippen LogP contribution in [-0.4, -0.2) is 43.8 Å². The second-order valence-corrected chi connectivity index (χ2v) is 8.73. The average Bonchev–Trinajstić information content (AvgIpc) is 3.27. The zero-order valence-corrected chi connectivity index (χ0v) is 17.6. The summed E-state index contributed by atoms with van der Waals surface area (Å²) in [6, 6.07) is 6.09. The summed E-state index contributed by atoms with van der Waals surface area (Å²) >= 11 is 0. The number of nitrogens with zero attached hydrogens (tertiary/aromatic N) is 5. The number of likely N-dealkylation sites (tertiary alicyclic amines) is 1. The van der Waals surface area contributed by atoms with E-state index in [0.29, 0.717) is 41.8 Å². The smallest absolute Gasteiger partial charge is 0.257 e. The maximum absolute atomic E-state index is 13.3. The van der Waals surface area contributed by atoms with Crippen LogP contribution in [0.4, 0.5) is 4.39 Å². The molecule has 162 valence electrons. The third-order valence-corrected chi connectivity index (χ3v) is 6.58. The van der Waals surface area contributed by atoms with Crippen LogP contribution in [0, 0.1) is 11.7 Å². The minimum Gasteiger partial charge on any atom is -0.338 e. The molecule has 1 saturated carbocycles. The third-order valence-electron chi connectivity index (χ3n) is 6.58. The Morgan fingerprint density at radius 3 is 2.61 bits per heavy atom. The number of amides is 1. The molecule has 0 spiro atoms. The Hall–Kier alpha value is -3.03. The van der Waals surface area contributed by atoms with Gasteiger partial charge in [0, 0.05) is 36.8 Å². The van der Waals surface area contributed by atoms with Gasteiger partial charge in [-0.15, -0.1) is 0 Å². The number of carbonyl (C=O) groups is 1. The normalized spacial score (nSPS) is 18.3. The van der Waals surface area contributed by atoms with Gasteiger partial charge < -0.3 is 9.42 Å². The summed E-state index contributed by atoms with van der Waals surface area (Å²) < 4.78 is 20.6. The molecule has 2 aromatic heterocycles. The Bertz CT molecular complexity index is 1060. The molecule has 1 aliphatic carbocycles. The summed E-state index contributed by atoms with van der Waals surface area (Å²) in [5, 5.41) is 8.56. The Morgan fingerprint density at radius 1 is 1.23 bits per heavy atom. The van der Waals surface area contributed by atoms with E-state index in [0.717, 1.165) is 25.8 Å². The minimum atomic E-state index is -0.296. The van der Waals surface area contributed by atoms with Crippen LogP contribution in [0.25, 0.3) is 11.5 Å². The number of aryl methyl sites for hydroxylation is 1. The molecule has 1 aliphatic heterocycles. The van der Waals surface area contributed by atoms with Crippen molar-refractivity contribution in [1.82, 2.24) is 24.8 Å². The molecule has 3 aromatic rings. The third kappa shape index (κ3) is 3.98. The van der Waals surface area contributed by atoms with E-state index >= 15 is 0 Å². The highest BCUT2D eigenvalue weighted by Crippen LogP contribution is 2.47. The monoisotopic (exact) mass is 423 g/mol. The standard InChI is InChI=1S/C23H26FN5O2/c1-2-29-15-18(14-25-29)21(30)28-11-9-23(10-12-28,13-16-3-4-16)22-26-20(31-27-22)17-5-7-19(24)8-6-17/h5-8,14-16H,2-4,9-13H2,1H3. The van der Waals surface area contributed by atoms with Crippen molar-refractivity contribution in [3.05, 3.63) is 53.9 Å². The van der Waals surface area contributed by atoms with Crippen molar-refractivity contribution in [2.45, 2.75) is 51.0 Å². The fourth-order valence-corrected chi connectivity index (χ4v) is 4.51. The van der Waals surface area contributed by atoms with E-state index in [1.54, 1.807) is 23.0 Å². The lowest BCUT2D eigenvalue weighted by Crippen LogP contribution is -2.46. The summed E-state index contributed by atoms with van der Waals surface area (Å²) in [6.45, 7) is 4.05. The van der Waals surface area contributed by atoms with E-state index in [9.17, 15) is 9.18 Å². The van der Waals surface area contributed by atoms with Gasteiger partial charge in [-0.25, -0.2) is 4.39 Å². The van der Waals surface area contributed by atoms with Crippen LogP contribution in [0.3, 0.4) is 0 Å². The highest BCUT2D eigenvalue weighted by Gasteiger charge is 2.45. The van der Waals surface area contributed by atoms with E-state index in [2.05, 4.69) is 10.3 Å². The fourth-order valence-electron chi connectivity index (χ4n) is 4.51. The molecule has 3 heterocycles. The lowest BCUT2D eigenvalue weighted by molar-refractivity contribution is 0.0645. The van der Waals surface area contributed by atoms with Crippen LogP contribution in [-0.2, 0) is 12.0 Å². The van der Waals surface area contributed by atoms with Crippen molar-refractivity contribution in [2.24, 2.45) is 5.92 Å². The lowest BCUT2D eigenvalue weighted by atomic mass is 9.73. The molecular formula is C23H26FN5O2. The van der Waals surface area contributed by atoms with Gasteiger partial charge in [0.2, 0.25) is 0 Å². The van der Waals surface area contributed by atoms with Crippen LogP contribution >= 0.6 is 0 Å². The van der Waals surface area contributed by atoms with Crippen LogP contribution < -0.4 is 0 Å². The quantitative estimate of drug-likeness (QED) is 0.597. The lowest BCUT2D eigenvalue weighted by Gasteiger charge is -2.40. The minimum absolute atomic E-state index is 0.0276. The Kier molecular flexibility index (Phi) is 5.08. The van der Waals surface area contributed by atoms with Crippen LogP contribution in [0.5, 0.6) is 0 Å². The Morgan fingerprint density at radius 2 is 1.97 bits per heavy atom. The number of benzene rings is 1. The molecule has 7 nitrogen and oxygen atoms in total. The van der Waals surface area contributed by atoms with Crippen molar-refractivity contribution in [2.75, 3.05) is 13.1 Å². The van der Waals surface area contributed by atoms with Crippen LogP contribution in [0.1, 0.15) is 55.2 Å². The number of hydrogen-bond donors (Lipinski definition) is 0. The molecule has 0 bridgehead atoms. The molecule has 5 rings (SSSR count). The number of piperidine rings is 1. The van der Waals surface area contributed by atoms with Crippen molar-refractivity contribution in [3.8, 4) is 11.5 Å². The summed E-state index contributed by atoms with van der Waals surface area (Å²) in [4.78, 5) is 19.5. The zero-order valence-electron chi connectivity index (χ0n) is 17.6. The van der Waals surface area contributed by atoms with Gasteiger partial charge in [-0.3, -0.25) is 9.48 Å². The summed E-state index contributed by atoms with van der Waals surface area (Å²) in [5.41, 5.74) is 1.16. The number of rotatable bonds is 6.